The molecule has 2 heterocycles. The number of carbonyl (C=O) groups excluding carboxylic acids is 2. The quantitative estimate of drug-likeness (QED) is 0.365. The first-order valence-electron chi connectivity index (χ1n) is 11.7. The van der Waals surface area contributed by atoms with E-state index < -0.39 is 0 Å². The van der Waals surface area contributed by atoms with Crippen molar-refractivity contribution in [1.82, 2.24) is 9.97 Å². The number of hydrogen-bond acceptors (Lipinski definition) is 5. The largest absolute Gasteiger partial charge is 0.356 e. The van der Waals surface area contributed by atoms with E-state index in [0.29, 0.717) is 18.2 Å². The van der Waals surface area contributed by atoms with E-state index in [2.05, 4.69) is 41.4 Å². The number of para-hydroxylation sites is 1. The zero-order chi connectivity index (χ0) is 24.3. The molecular weight excluding hydrogens is 444 g/mol. The number of Topliss-reactive ketones (excluding diaryl/α,β-unsaturated/α-hetero) is 1. The Kier molecular flexibility index (Phi) is 7.12. The molecule has 0 saturated carbocycles. The first-order chi connectivity index (χ1) is 16.2. The number of ketones is 1. The maximum absolute atomic E-state index is 13.4. The van der Waals surface area contributed by atoms with Crippen molar-refractivity contribution >= 4 is 40.6 Å². The lowest BCUT2D eigenvalue weighted by atomic mass is 9.84. The fourth-order valence-corrected chi connectivity index (χ4v) is 5.38. The van der Waals surface area contributed by atoms with Gasteiger partial charge in [0, 0.05) is 41.2 Å². The first kappa shape index (κ1) is 24.1. The third-order valence-corrected chi connectivity index (χ3v) is 7.09. The average molecular weight is 477 g/mol. The molecule has 0 radical (unpaired) electrons. The molecule has 0 fully saturated rings. The second kappa shape index (κ2) is 10.1. The zero-order valence-corrected chi connectivity index (χ0v) is 21.0. The molecule has 178 valence electrons. The van der Waals surface area contributed by atoms with E-state index in [1.54, 1.807) is 6.20 Å². The molecule has 0 bridgehead atoms. The number of pyridine rings is 1. The van der Waals surface area contributed by atoms with Crippen LogP contribution in [0.1, 0.15) is 56.6 Å². The van der Waals surface area contributed by atoms with Crippen LogP contribution < -0.4 is 10.6 Å². The number of amides is 1. The van der Waals surface area contributed by atoms with Crippen molar-refractivity contribution in [2.24, 2.45) is 5.92 Å². The number of benzene rings is 1. The number of anilines is 3. The minimum atomic E-state index is -0.177. The number of nitrogens with zero attached hydrogens (tertiary/aromatic N) is 1. The molecule has 0 spiro atoms. The molecule has 3 aromatic rings. The molecule has 6 nitrogen and oxygen atoms in total. The van der Waals surface area contributed by atoms with Crippen LogP contribution in [0.25, 0.3) is 11.3 Å². The molecule has 1 aromatic carbocycles. The number of nitrogens with one attached hydrogen (secondary N) is 3. The third kappa shape index (κ3) is 5.89. The van der Waals surface area contributed by atoms with E-state index in [-0.39, 0.29) is 16.4 Å². The van der Waals surface area contributed by atoms with Crippen molar-refractivity contribution < 1.29 is 9.59 Å². The molecule has 2 aromatic heterocycles. The van der Waals surface area contributed by atoms with E-state index >= 15 is 0 Å². The molecule has 0 saturated heterocycles. The smallest absolute Gasteiger partial charge is 0.222 e. The van der Waals surface area contributed by atoms with Crippen LogP contribution in [0, 0.1) is 5.92 Å². The predicted molar refractivity (Wildman–Crippen MR) is 141 cm³/mol. The van der Waals surface area contributed by atoms with Gasteiger partial charge in [0.25, 0.3) is 0 Å². The minimum Gasteiger partial charge on any atom is -0.356 e. The summed E-state index contributed by atoms with van der Waals surface area (Å²) in [6.45, 7) is 8.14. The lowest BCUT2D eigenvalue weighted by Gasteiger charge is -2.24. The van der Waals surface area contributed by atoms with Crippen LogP contribution in [-0.2, 0) is 11.2 Å². The minimum absolute atomic E-state index is 0.170. The van der Waals surface area contributed by atoms with Gasteiger partial charge < -0.3 is 15.6 Å². The Morgan fingerprint density at radius 3 is 2.65 bits per heavy atom. The predicted octanol–water partition coefficient (Wildman–Crippen LogP) is 6.45. The van der Waals surface area contributed by atoms with Gasteiger partial charge in [0.05, 0.1) is 16.9 Å². The van der Waals surface area contributed by atoms with Gasteiger partial charge in [-0.2, -0.15) is 11.8 Å². The number of aromatic amines is 1. The van der Waals surface area contributed by atoms with Gasteiger partial charge in [-0.25, -0.2) is 4.98 Å². The highest BCUT2D eigenvalue weighted by Gasteiger charge is 2.32. The van der Waals surface area contributed by atoms with Crippen molar-refractivity contribution in [3.05, 3.63) is 59.9 Å². The second-order valence-electron chi connectivity index (χ2n) is 9.78. The zero-order valence-electron chi connectivity index (χ0n) is 20.2. The fraction of sp³-hybridized carbons (Fsp3) is 0.370. The summed E-state index contributed by atoms with van der Waals surface area (Å²) >= 11 is 1.95. The summed E-state index contributed by atoms with van der Waals surface area (Å²) in [5, 5.41) is 6.23. The van der Waals surface area contributed by atoms with Gasteiger partial charge in [-0.1, -0.05) is 39.0 Å². The maximum Gasteiger partial charge on any atom is 0.222 e. The van der Waals surface area contributed by atoms with Crippen molar-refractivity contribution in [2.45, 2.75) is 51.7 Å². The summed E-state index contributed by atoms with van der Waals surface area (Å²) in [4.78, 5) is 32.7. The second-order valence-corrected chi connectivity index (χ2v) is 11.7. The van der Waals surface area contributed by atoms with Crippen molar-refractivity contribution in [1.29, 1.82) is 0 Å². The SMILES string of the molecule is CC(=O)Nc1cc(-c2[nH]c3c(c2Nc2ccccc2)C(=O)CC(CCSC(C)(C)C)C3)ccn1. The molecule has 4 rings (SSSR count). The number of aromatic nitrogens is 2. The standard InChI is InChI=1S/C27H32N4O2S/c1-17(32)29-23-16-19(10-12-28-23)25-26(30-20-8-6-5-7-9-20)24-21(31-25)14-18(15-22(24)33)11-13-34-27(2,3)4/h5-10,12,16,18,30-31H,11,13-15H2,1-4H3,(H,28,29,32). The molecule has 7 heteroatoms. The summed E-state index contributed by atoms with van der Waals surface area (Å²) in [5.74, 6) is 1.85. The van der Waals surface area contributed by atoms with Gasteiger partial charge in [-0.05, 0) is 48.8 Å². The van der Waals surface area contributed by atoms with Crippen LogP contribution in [0.3, 0.4) is 0 Å². The normalized spacial score (nSPS) is 15.6. The van der Waals surface area contributed by atoms with E-state index in [4.69, 9.17) is 0 Å². The van der Waals surface area contributed by atoms with Crippen molar-refractivity contribution in [3.8, 4) is 11.3 Å². The maximum atomic E-state index is 13.4. The summed E-state index contributed by atoms with van der Waals surface area (Å²) in [7, 11) is 0. The van der Waals surface area contributed by atoms with Crippen LogP contribution in [0.15, 0.2) is 48.7 Å². The fourth-order valence-electron chi connectivity index (χ4n) is 4.32. The molecular formula is C27H32N4O2S. The summed E-state index contributed by atoms with van der Waals surface area (Å²) in [6, 6.07) is 13.6. The molecule has 0 aliphatic heterocycles. The van der Waals surface area contributed by atoms with E-state index in [1.807, 2.05) is 54.2 Å². The number of H-pyrrole nitrogens is 1. The number of thioether (sulfide) groups is 1. The van der Waals surface area contributed by atoms with Gasteiger partial charge in [0.15, 0.2) is 5.78 Å². The number of rotatable bonds is 7. The van der Waals surface area contributed by atoms with Crippen LogP contribution >= 0.6 is 11.8 Å². The Bertz CT molecular complexity index is 1180. The topological polar surface area (TPSA) is 86.9 Å². The Morgan fingerprint density at radius 1 is 1.18 bits per heavy atom. The Morgan fingerprint density at radius 2 is 1.94 bits per heavy atom. The van der Waals surface area contributed by atoms with Crippen LogP contribution in [0.4, 0.5) is 17.2 Å². The highest BCUT2D eigenvalue weighted by atomic mass is 32.2. The van der Waals surface area contributed by atoms with Gasteiger partial charge in [0.1, 0.15) is 5.82 Å². The summed E-state index contributed by atoms with van der Waals surface area (Å²) < 4.78 is 0.225. The van der Waals surface area contributed by atoms with Gasteiger partial charge in [-0.15, -0.1) is 0 Å². The number of carbonyl (C=O) groups is 2. The van der Waals surface area contributed by atoms with Crippen LogP contribution in [0.2, 0.25) is 0 Å². The summed E-state index contributed by atoms with van der Waals surface area (Å²) in [6.07, 6.45) is 4.09. The van der Waals surface area contributed by atoms with Crippen LogP contribution in [-0.4, -0.2) is 32.2 Å². The average Bonchev–Trinajstić information content (AvgIpc) is 3.12. The van der Waals surface area contributed by atoms with Gasteiger partial charge in [-0.3, -0.25) is 9.59 Å². The van der Waals surface area contributed by atoms with E-state index in [9.17, 15) is 9.59 Å². The lowest BCUT2D eigenvalue weighted by Crippen LogP contribution is -2.21. The van der Waals surface area contributed by atoms with Crippen molar-refractivity contribution in [2.75, 3.05) is 16.4 Å². The Labute approximate surface area is 205 Å². The van der Waals surface area contributed by atoms with Crippen LogP contribution in [0.5, 0.6) is 0 Å². The number of hydrogen-bond donors (Lipinski definition) is 3. The van der Waals surface area contributed by atoms with E-state index in [1.165, 1.54) is 6.92 Å². The number of fused-ring (bicyclic) bond motifs is 1. The molecule has 1 unspecified atom stereocenters. The highest BCUT2D eigenvalue weighted by molar-refractivity contribution is 8.00. The van der Waals surface area contributed by atoms with E-state index in [0.717, 1.165) is 52.5 Å². The molecule has 1 atom stereocenters. The lowest BCUT2D eigenvalue weighted by molar-refractivity contribution is -0.114. The van der Waals surface area contributed by atoms with Gasteiger partial charge >= 0.3 is 0 Å². The molecule has 34 heavy (non-hydrogen) atoms. The van der Waals surface area contributed by atoms with Crippen molar-refractivity contribution in [3.63, 3.8) is 0 Å². The third-order valence-electron chi connectivity index (χ3n) is 5.78. The Balaban J connectivity index is 1.69. The first-order valence-corrected chi connectivity index (χ1v) is 12.7. The van der Waals surface area contributed by atoms with Gasteiger partial charge in [0.2, 0.25) is 5.91 Å². The monoisotopic (exact) mass is 476 g/mol. The molecule has 3 N–H and O–H groups in total. The molecule has 1 aliphatic rings. The molecule has 1 amide bonds. The Hall–Kier alpha value is -3.06. The molecule has 1 aliphatic carbocycles. The highest BCUT2D eigenvalue weighted by Crippen LogP contribution is 2.41. The summed E-state index contributed by atoms with van der Waals surface area (Å²) in [5.41, 5.74) is 5.12.